The molecule has 0 aromatic rings. The Labute approximate surface area is 112 Å². The van der Waals surface area contributed by atoms with E-state index in [1.807, 2.05) is 18.7 Å². The van der Waals surface area contributed by atoms with Crippen LogP contribution in [0.15, 0.2) is 0 Å². The lowest BCUT2D eigenvalue weighted by Gasteiger charge is -2.33. The van der Waals surface area contributed by atoms with Gasteiger partial charge in [-0.3, -0.25) is 0 Å². The molecule has 4 heteroatoms. The van der Waals surface area contributed by atoms with Crippen LogP contribution in [0.4, 0.5) is 4.79 Å². The fourth-order valence-corrected chi connectivity index (χ4v) is 2.70. The average Bonchev–Trinajstić information content (AvgIpc) is 2.30. The molecule has 2 atom stereocenters. The van der Waals surface area contributed by atoms with E-state index in [1.54, 1.807) is 0 Å². The molecule has 1 N–H and O–H groups in total. The monoisotopic (exact) mass is 255 g/mol. The van der Waals surface area contributed by atoms with Crippen molar-refractivity contribution in [1.82, 2.24) is 15.1 Å². The molecule has 1 saturated heterocycles. The van der Waals surface area contributed by atoms with Crippen LogP contribution in [-0.4, -0.2) is 54.6 Å². The van der Waals surface area contributed by atoms with Crippen molar-refractivity contribution >= 4 is 6.03 Å². The molecule has 4 nitrogen and oxygen atoms in total. The fraction of sp³-hybridized carbons (Fsp3) is 0.929. The summed E-state index contributed by atoms with van der Waals surface area (Å²) in [6.07, 6.45) is 2.63. The van der Waals surface area contributed by atoms with Gasteiger partial charge in [0.2, 0.25) is 0 Å². The highest BCUT2D eigenvalue weighted by Gasteiger charge is 2.19. The molecule has 18 heavy (non-hydrogen) atoms. The fourth-order valence-electron chi connectivity index (χ4n) is 2.70. The second-order valence-corrected chi connectivity index (χ2v) is 5.53. The molecule has 0 aromatic carbocycles. The van der Waals surface area contributed by atoms with Crippen molar-refractivity contribution < 1.29 is 4.79 Å². The molecule has 1 rings (SSSR count). The molecule has 0 radical (unpaired) electrons. The molecule has 1 aliphatic rings. The Morgan fingerprint density at radius 2 is 2.11 bits per heavy atom. The third-order valence-electron chi connectivity index (χ3n) is 3.69. The maximum absolute atomic E-state index is 11.9. The van der Waals surface area contributed by atoms with Crippen LogP contribution in [0.5, 0.6) is 0 Å². The van der Waals surface area contributed by atoms with Crippen molar-refractivity contribution in [3.05, 3.63) is 0 Å². The van der Waals surface area contributed by atoms with Crippen molar-refractivity contribution in [2.75, 3.05) is 32.7 Å². The smallest absolute Gasteiger partial charge is 0.317 e. The van der Waals surface area contributed by atoms with Crippen LogP contribution in [0.3, 0.4) is 0 Å². The van der Waals surface area contributed by atoms with Gasteiger partial charge >= 0.3 is 6.03 Å². The zero-order valence-electron chi connectivity index (χ0n) is 12.4. The largest absolute Gasteiger partial charge is 0.334 e. The van der Waals surface area contributed by atoms with E-state index < -0.39 is 0 Å². The van der Waals surface area contributed by atoms with Crippen LogP contribution < -0.4 is 5.32 Å². The number of likely N-dealkylation sites (tertiary alicyclic amines) is 1. The van der Waals surface area contributed by atoms with Gasteiger partial charge in [-0.15, -0.1) is 0 Å². The summed E-state index contributed by atoms with van der Waals surface area (Å²) in [4.78, 5) is 16.2. The van der Waals surface area contributed by atoms with E-state index in [0.29, 0.717) is 0 Å². The summed E-state index contributed by atoms with van der Waals surface area (Å²) in [5, 5.41) is 3.09. The number of urea groups is 1. The lowest BCUT2D eigenvalue weighted by Crippen LogP contribution is -2.49. The summed E-state index contributed by atoms with van der Waals surface area (Å²) >= 11 is 0. The minimum Gasteiger partial charge on any atom is -0.334 e. The second-order valence-electron chi connectivity index (χ2n) is 5.53. The Kier molecular flexibility index (Phi) is 6.47. The van der Waals surface area contributed by atoms with Gasteiger partial charge in [0.25, 0.3) is 0 Å². The van der Waals surface area contributed by atoms with E-state index in [-0.39, 0.29) is 12.1 Å². The standard InChI is InChI=1S/C14H29N3O/c1-5-17(6-2)14(18)15-13(4)11-16-9-7-8-12(3)10-16/h12-13H,5-11H2,1-4H3,(H,15,18). The van der Waals surface area contributed by atoms with Gasteiger partial charge < -0.3 is 15.1 Å². The van der Waals surface area contributed by atoms with Crippen molar-refractivity contribution in [2.24, 2.45) is 5.92 Å². The number of carbonyl (C=O) groups excluding carboxylic acids is 1. The van der Waals surface area contributed by atoms with Gasteiger partial charge in [-0.1, -0.05) is 6.92 Å². The molecule has 0 saturated carbocycles. The molecule has 1 fully saturated rings. The third kappa shape index (κ3) is 4.84. The number of nitrogens with one attached hydrogen (secondary N) is 1. The summed E-state index contributed by atoms with van der Waals surface area (Å²) in [7, 11) is 0. The van der Waals surface area contributed by atoms with E-state index in [9.17, 15) is 4.79 Å². The third-order valence-corrected chi connectivity index (χ3v) is 3.69. The number of hydrogen-bond donors (Lipinski definition) is 1. The number of carbonyl (C=O) groups is 1. The number of rotatable bonds is 5. The van der Waals surface area contributed by atoms with Gasteiger partial charge in [0.15, 0.2) is 0 Å². The summed E-state index contributed by atoms with van der Waals surface area (Å²) in [6.45, 7) is 13.3. The van der Waals surface area contributed by atoms with Gasteiger partial charge in [0.1, 0.15) is 0 Å². The lowest BCUT2D eigenvalue weighted by molar-refractivity contribution is 0.163. The Bertz CT molecular complexity index is 253. The number of hydrogen-bond acceptors (Lipinski definition) is 2. The Hall–Kier alpha value is -0.770. The first-order chi connectivity index (χ1) is 8.56. The average molecular weight is 255 g/mol. The van der Waals surface area contributed by atoms with E-state index in [0.717, 1.165) is 25.6 Å². The topological polar surface area (TPSA) is 35.6 Å². The summed E-state index contributed by atoms with van der Waals surface area (Å²) in [6, 6.07) is 0.293. The summed E-state index contributed by atoms with van der Waals surface area (Å²) in [5.74, 6) is 0.796. The van der Waals surface area contributed by atoms with Crippen LogP contribution >= 0.6 is 0 Å². The maximum atomic E-state index is 11.9. The Morgan fingerprint density at radius 3 is 2.67 bits per heavy atom. The highest BCUT2D eigenvalue weighted by Crippen LogP contribution is 2.15. The molecular weight excluding hydrogens is 226 g/mol. The second kappa shape index (κ2) is 7.62. The first-order valence-corrected chi connectivity index (χ1v) is 7.34. The predicted octanol–water partition coefficient (Wildman–Crippen LogP) is 2.16. The zero-order chi connectivity index (χ0) is 13.5. The number of amides is 2. The van der Waals surface area contributed by atoms with Crippen LogP contribution in [-0.2, 0) is 0 Å². The van der Waals surface area contributed by atoms with E-state index in [1.165, 1.54) is 25.9 Å². The molecule has 0 bridgehead atoms. The van der Waals surface area contributed by atoms with E-state index in [4.69, 9.17) is 0 Å². The first kappa shape index (κ1) is 15.3. The minimum absolute atomic E-state index is 0.0672. The lowest BCUT2D eigenvalue weighted by atomic mass is 10.00. The highest BCUT2D eigenvalue weighted by molar-refractivity contribution is 5.74. The molecule has 0 spiro atoms. The number of nitrogens with zero attached hydrogens (tertiary/aromatic N) is 2. The van der Waals surface area contributed by atoms with Crippen LogP contribution in [0, 0.1) is 5.92 Å². The normalized spacial score (nSPS) is 22.6. The van der Waals surface area contributed by atoms with Crippen molar-refractivity contribution in [3.63, 3.8) is 0 Å². The van der Waals surface area contributed by atoms with E-state index >= 15 is 0 Å². The Balaban J connectivity index is 2.32. The molecule has 2 amide bonds. The van der Waals surface area contributed by atoms with Crippen LogP contribution in [0.25, 0.3) is 0 Å². The molecule has 106 valence electrons. The Morgan fingerprint density at radius 1 is 1.44 bits per heavy atom. The van der Waals surface area contributed by atoms with Crippen molar-refractivity contribution in [2.45, 2.75) is 46.6 Å². The minimum atomic E-state index is 0.0672. The van der Waals surface area contributed by atoms with Gasteiger partial charge in [-0.2, -0.15) is 0 Å². The first-order valence-electron chi connectivity index (χ1n) is 7.34. The summed E-state index contributed by atoms with van der Waals surface area (Å²) in [5.41, 5.74) is 0. The molecule has 1 aliphatic heterocycles. The van der Waals surface area contributed by atoms with Gasteiger partial charge in [-0.05, 0) is 46.1 Å². The van der Waals surface area contributed by atoms with E-state index in [2.05, 4.69) is 24.1 Å². The highest BCUT2D eigenvalue weighted by atomic mass is 16.2. The molecule has 0 aromatic heterocycles. The van der Waals surface area contributed by atoms with Gasteiger partial charge in [0, 0.05) is 32.2 Å². The molecular formula is C14H29N3O. The zero-order valence-corrected chi connectivity index (χ0v) is 12.4. The molecule has 2 unspecified atom stereocenters. The number of piperidine rings is 1. The summed E-state index contributed by atoms with van der Waals surface area (Å²) < 4.78 is 0. The van der Waals surface area contributed by atoms with Gasteiger partial charge in [0.05, 0.1) is 0 Å². The van der Waals surface area contributed by atoms with Crippen LogP contribution in [0.1, 0.15) is 40.5 Å². The van der Waals surface area contributed by atoms with Crippen molar-refractivity contribution in [3.8, 4) is 0 Å². The SMILES string of the molecule is CCN(CC)C(=O)NC(C)CN1CCCC(C)C1. The van der Waals surface area contributed by atoms with Gasteiger partial charge in [-0.25, -0.2) is 4.79 Å². The van der Waals surface area contributed by atoms with Crippen LogP contribution in [0.2, 0.25) is 0 Å². The maximum Gasteiger partial charge on any atom is 0.317 e. The molecule has 0 aliphatic carbocycles. The predicted molar refractivity (Wildman–Crippen MR) is 75.8 cm³/mol. The molecule has 1 heterocycles. The quantitative estimate of drug-likeness (QED) is 0.817. The van der Waals surface area contributed by atoms with Crippen molar-refractivity contribution in [1.29, 1.82) is 0 Å².